The number of aliphatic carboxylic acids is 1. The van der Waals surface area contributed by atoms with Crippen molar-refractivity contribution in [3.8, 4) is 0 Å². The predicted octanol–water partition coefficient (Wildman–Crippen LogP) is 2.38. The van der Waals surface area contributed by atoms with Crippen LogP contribution in [0.15, 0.2) is 30.9 Å². The Morgan fingerprint density at radius 2 is 2.06 bits per heavy atom. The fourth-order valence-corrected chi connectivity index (χ4v) is 8.37. The Balaban J connectivity index is 1.83. The minimum Gasteiger partial charge on any atom is -0.481 e. The molecule has 4 rings (SSSR count). The summed E-state index contributed by atoms with van der Waals surface area (Å²) in [5.74, 6) is -3.19. The van der Waals surface area contributed by atoms with Gasteiger partial charge in [0.1, 0.15) is 6.04 Å². The number of thioether (sulfide) groups is 1. The zero-order valence-corrected chi connectivity index (χ0v) is 19.5. The fraction of sp³-hybridized carbons (Fsp3) is 0.542. The van der Waals surface area contributed by atoms with E-state index >= 15 is 0 Å². The predicted molar refractivity (Wildman–Crippen MR) is 124 cm³/mol. The van der Waals surface area contributed by atoms with Gasteiger partial charge in [-0.25, -0.2) is 0 Å². The van der Waals surface area contributed by atoms with E-state index in [1.54, 1.807) is 11.0 Å². The van der Waals surface area contributed by atoms with Crippen LogP contribution < -0.4 is 4.90 Å². The van der Waals surface area contributed by atoms with Gasteiger partial charge < -0.3 is 20.0 Å². The average molecular weight is 459 g/mol. The van der Waals surface area contributed by atoms with Gasteiger partial charge in [-0.2, -0.15) is 0 Å². The van der Waals surface area contributed by atoms with Crippen LogP contribution >= 0.6 is 11.8 Å². The third kappa shape index (κ3) is 3.10. The number of aliphatic hydroxyl groups excluding tert-OH is 1. The van der Waals surface area contributed by atoms with Crippen LogP contribution in [0.5, 0.6) is 0 Å². The topological polar surface area (TPSA) is 98.2 Å². The number of carboxylic acids is 1. The average Bonchev–Trinajstić information content (AvgIpc) is 3.29. The molecule has 0 aliphatic carbocycles. The standard InChI is InChI=1S/C24H30N2O5S/c1-5-10-25(16-13-14(2)6-7-15(16)3)21(29)19-24-9-8-23(4,32-24)18(22(30)31)17(24)20(28)26(19)11-12-27/h5-7,13,17-19,27H,1,8-12H2,2-4H3,(H,30,31)/t17-,18-,19?,23+,24?/m0/s1. The van der Waals surface area contributed by atoms with Crippen molar-refractivity contribution in [2.75, 3.05) is 24.6 Å². The number of carboxylic acid groups (broad SMARTS) is 1. The summed E-state index contributed by atoms with van der Waals surface area (Å²) in [4.78, 5) is 43.0. The van der Waals surface area contributed by atoms with Crippen molar-refractivity contribution in [2.24, 2.45) is 11.8 Å². The van der Waals surface area contributed by atoms with E-state index in [1.165, 1.54) is 16.7 Å². The van der Waals surface area contributed by atoms with Gasteiger partial charge in [-0.15, -0.1) is 18.3 Å². The monoisotopic (exact) mass is 458 g/mol. The number of anilines is 1. The summed E-state index contributed by atoms with van der Waals surface area (Å²) < 4.78 is -1.39. The number of fused-ring (bicyclic) bond motifs is 1. The third-order valence-electron chi connectivity index (χ3n) is 7.35. The Morgan fingerprint density at radius 1 is 1.34 bits per heavy atom. The molecule has 1 aromatic carbocycles. The number of carbonyl (C=O) groups is 3. The van der Waals surface area contributed by atoms with Gasteiger partial charge in [0.05, 0.1) is 23.2 Å². The van der Waals surface area contributed by atoms with Crippen molar-refractivity contribution in [1.82, 2.24) is 4.90 Å². The normalized spacial score (nSPS) is 32.8. The van der Waals surface area contributed by atoms with Crippen LogP contribution in [0.3, 0.4) is 0 Å². The maximum absolute atomic E-state index is 14.2. The Labute approximate surface area is 192 Å². The molecule has 2 unspecified atom stereocenters. The quantitative estimate of drug-likeness (QED) is 0.609. The molecule has 3 saturated heterocycles. The van der Waals surface area contributed by atoms with Gasteiger partial charge in [0.2, 0.25) is 5.91 Å². The van der Waals surface area contributed by atoms with Gasteiger partial charge >= 0.3 is 5.97 Å². The highest BCUT2D eigenvalue weighted by Gasteiger charge is 2.77. The lowest BCUT2D eigenvalue weighted by Crippen LogP contribution is -2.55. The molecule has 1 spiro atoms. The third-order valence-corrected chi connectivity index (χ3v) is 9.34. The molecule has 32 heavy (non-hydrogen) atoms. The Kier molecular flexibility index (Phi) is 5.66. The number of amides is 2. The Bertz CT molecular complexity index is 997. The smallest absolute Gasteiger partial charge is 0.308 e. The molecule has 5 atom stereocenters. The highest BCUT2D eigenvalue weighted by Crippen LogP contribution is 2.71. The maximum Gasteiger partial charge on any atom is 0.308 e. The van der Waals surface area contributed by atoms with Crippen LogP contribution in [0.4, 0.5) is 5.69 Å². The summed E-state index contributed by atoms with van der Waals surface area (Å²) >= 11 is 1.50. The summed E-state index contributed by atoms with van der Waals surface area (Å²) in [6.45, 7) is 9.60. The molecule has 0 saturated carbocycles. The molecule has 1 aromatic rings. The number of likely N-dealkylation sites (tertiary alicyclic amines) is 1. The number of benzene rings is 1. The van der Waals surface area contributed by atoms with E-state index in [0.717, 1.165) is 16.8 Å². The second-order valence-electron chi connectivity index (χ2n) is 9.35. The van der Waals surface area contributed by atoms with Crippen molar-refractivity contribution in [3.63, 3.8) is 0 Å². The van der Waals surface area contributed by atoms with Crippen molar-refractivity contribution in [2.45, 2.75) is 49.1 Å². The van der Waals surface area contributed by atoms with E-state index in [-0.39, 0.29) is 31.5 Å². The molecule has 7 nitrogen and oxygen atoms in total. The van der Waals surface area contributed by atoms with Gasteiger partial charge in [-0.1, -0.05) is 18.2 Å². The molecule has 2 N–H and O–H groups in total. The van der Waals surface area contributed by atoms with E-state index in [9.17, 15) is 24.6 Å². The van der Waals surface area contributed by atoms with Gasteiger partial charge in [0.15, 0.2) is 0 Å². The summed E-state index contributed by atoms with van der Waals surface area (Å²) in [5.41, 5.74) is 2.69. The van der Waals surface area contributed by atoms with Crippen LogP contribution in [0.1, 0.15) is 30.9 Å². The van der Waals surface area contributed by atoms with Crippen molar-refractivity contribution >= 4 is 35.2 Å². The van der Waals surface area contributed by atoms with E-state index in [0.29, 0.717) is 12.8 Å². The molecule has 8 heteroatoms. The number of β-amino-alcohol motifs (C(OH)–C–C–N with tert-alkyl or cyclic N) is 1. The first-order valence-electron chi connectivity index (χ1n) is 10.9. The highest BCUT2D eigenvalue weighted by atomic mass is 32.2. The number of rotatable bonds is 7. The second-order valence-corrected chi connectivity index (χ2v) is 11.2. The maximum atomic E-state index is 14.2. The van der Waals surface area contributed by atoms with Crippen LogP contribution in [0, 0.1) is 25.7 Å². The van der Waals surface area contributed by atoms with Crippen LogP contribution in [-0.4, -0.2) is 68.1 Å². The number of carbonyl (C=O) groups excluding carboxylic acids is 2. The largest absolute Gasteiger partial charge is 0.481 e. The molecule has 3 heterocycles. The lowest BCUT2D eigenvalue weighted by Gasteiger charge is -2.37. The minimum atomic E-state index is -0.991. The first-order valence-corrected chi connectivity index (χ1v) is 11.8. The number of aliphatic hydroxyl groups is 1. The molecular weight excluding hydrogens is 428 g/mol. The molecular formula is C24H30N2O5S. The van der Waals surface area contributed by atoms with E-state index in [4.69, 9.17) is 0 Å². The summed E-state index contributed by atoms with van der Waals surface area (Å²) in [6, 6.07) is 5.05. The van der Waals surface area contributed by atoms with Crippen molar-refractivity contribution < 1.29 is 24.6 Å². The molecule has 0 aromatic heterocycles. The van der Waals surface area contributed by atoms with Crippen molar-refractivity contribution in [3.05, 3.63) is 42.0 Å². The first-order chi connectivity index (χ1) is 15.1. The van der Waals surface area contributed by atoms with E-state index in [1.807, 2.05) is 39.0 Å². The zero-order valence-electron chi connectivity index (χ0n) is 18.7. The highest BCUT2D eigenvalue weighted by molar-refractivity contribution is 8.02. The fourth-order valence-electron chi connectivity index (χ4n) is 6.02. The number of hydrogen-bond donors (Lipinski definition) is 2. The lowest BCUT2D eigenvalue weighted by molar-refractivity contribution is -0.150. The molecule has 172 valence electrons. The summed E-state index contributed by atoms with van der Waals surface area (Å²) in [7, 11) is 0. The minimum absolute atomic E-state index is 0.00579. The number of aryl methyl sites for hydroxylation is 2. The van der Waals surface area contributed by atoms with Gasteiger partial charge in [0.25, 0.3) is 5.91 Å². The first kappa shape index (κ1) is 22.9. The summed E-state index contributed by atoms with van der Waals surface area (Å²) in [6.07, 6.45) is 2.89. The molecule has 2 amide bonds. The van der Waals surface area contributed by atoms with Gasteiger partial charge in [0, 0.05) is 23.5 Å². The molecule has 0 radical (unpaired) electrons. The lowest BCUT2D eigenvalue weighted by atomic mass is 9.66. The molecule has 2 bridgehead atoms. The van der Waals surface area contributed by atoms with Crippen LogP contribution in [0.25, 0.3) is 0 Å². The van der Waals surface area contributed by atoms with E-state index < -0.39 is 33.3 Å². The van der Waals surface area contributed by atoms with Crippen LogP contribution in [-0.2, 0) is 14.4 Å². The SMILES string of the molecule is C=CCN(C(=O)C1N(CCO)C(=O)[C@@H]2[C@@H](C(=O)O)[C@@]3(C)CCC12S3)c1cc(C)ccc1C. The molecule has 3 aliphatic rings. The number of nitrogens with zero attached hydrogens (tertiary/aromatic N) is 2. The van der Waals surface area contributed by atoms with E-state index in [2.05, 4.69) is 6.58 Å². The Morgan fingerprint density at radius 3 is 2.69 bits per heavy atom. The van der Waals surface area contributed by atoms with Crippen LogP contribution in [0.2, 0.25) is 0 Å². The molecule has 3 fully saturated rings. The Hall–Kier alpha value is -2.32. The summed E-state index contributed by atoms with van der Waals surface area (Å²) in [5, 5.41) is 19.7. The zero-order chi connectivity index (χ0) is 23.4. The molecule has 3 aliphatic heterocycles. The van der Waals surface area contributed by atoms with Crippen molar-refractivity contribution in [1.29, 1.82) is 0 Å². The second kappa shape index (κ2) is 7.92. The van der Waals surface area contributed by atoms with Gasteiger partial charge in [-0.05, 0) is 50.8 Å². The number of hydrogen-bond acceptors (Lipinski definition) is 5. The van der Waals surface area contributed by atoms with Gasteiger partial charge in [-0.3, -0.25) is 14.4 Å².